The van der Waals surface area contributed by atoms with Crippen molar-refractivity contribution in [2.45, 2.75) is 12.3 Å². The monoisotopic (exact) mass is 534 g/mol. The molecule has 1 unspecified atom stereocenters. The second-order valence-corrected chi connectivity index (χ2v) is 9.21. The van der Waals surface area contributed by atoms with Crippen molar-refractivity contribution in [2.24, 2.45) is 0 Å². The summed E-state index contributed by atoms with van der Waals surface area (Å²) in [5.74, 6) is -0.667. The van der Waals surface area contributed by atoms with E-state index in [1.807, 2.05) is 18.2 Å². The average molecular weight is 535 g/mol. The van der Waals surface area contributed by atoms with Gasteiger partial charge in [-0.05, 0) is 61.0 Å². The number of carbonyl (C=O) groups is 2. The number of ether oxygens (including phenoxy) is 2. The Morgan fingerprint density at radius 2 is 1.76 bits per heavy atom. The van der Waals surface area contributed by atoms with E-state index >= 15 is 0 Å². The van der Waals surface area contributed by atoms with Crippen LogP contribution >= 0.6 is 23.2 Å². The number of nitrogens with one attached hydrogen (secondary N) is 1. The van der Waals surface area contributed by atoms with Gasteiger partial charge in [0.05, 0.1) is 35.1 Å². The van der Waals surface area contributed by atoms with Gasteiger partial charge in [0, 0.05) is 27.8 Å². The third-order valence-electron chi connectivity index (χ3n) is 5.91. The number of nitrogens with zero attached hydrogens (tertiary/aromatic N) is 1. The highest BCUT2D eigenvalue weighted by Crippen LogP contribution is 2.41. The van der Waals surface area contributed by atoms with Gasteiger partial charge in [0.1, 0.15) is 17.2 Å². The zero-order valence-corrected chi connectivity index (χ0v) is 20.8. The van der Waals surface area contributed by atoms with Crippen molar-refractivity contribution in [3.63, 3.8) is 0 Å². The first-order valence-corrected chi connectivity index (χ1v) is 12.1. The normalized spacial score (nSPS) is 14.3. The van der Waals surface area contributed by atoms with E-state index in [1.165, 1.54) is 0 Å². The van der Waals surface area contributed by atoms with Crippen LogP contribution in [0.25, 0.3) is 11.3 Å². The van der Waals surface area contributed by atoms with Crippen LogP contribution in [0.5, 0.6) is 17.2 Å². The van der Waals surface area contributed by atoms with Gasteiger partial charge < -0.3 is 19.9 Å². The lowest BCUT2D eigenvalue weighted by Gasteiger charge is -2.24. The van der Waals surface area contributed by atoms with Gasteiger partial charge in [-0.25, -0.2) is 0 Å². The number of benzene rings is 3. The number of anilines is 1. The van der Waals surface area contributed by atoms with Crippen LogP contribution in [0.1, 0.15) is 28.3 Å². The molecule has 9 heteroatoms. The maximum absolute atomic E-state index is 12.7. The number of hydrogen-bond donors (Lipinski definition) is 2. The molecular formula is C28H20Cl2N2O5. The van der Waals surface area contributed by atoms with Crippen LogP contribution in [-0.4, -0.2) is 28.6 Å². The van der Waals surface area contributed by atoms with Crippen molar-refractivity contribution in [2.75, 3.05) is 11.9 Å². The van der Waals surface area contributed by atoms with Gasteiger partial charge in [0.2, 0.25) is 0 Å². The lowest BCUT2D eigenvalue weighted by Crippen LogP contribution is -2.20. The Morgan fingerprint density at radius 3 is 2.43 bits per heavy atom. The summed E-state index contributed by atoms with van der Waals surface area (Å²) in [6, 6.07) is 20.7. The maximum Gasteiger partial charge on any atom is 0.311 e. The Labute approximate surface area is 222 Å². The molecule has 2 N–H and O–H groups in total. The van der Waals surface area contributed by atoms with Gasteiger partial charge in [-0.1, -0.05) is 35.3 Å². The molecule has 2 heterocycles. The molecule has 186 valence electrons. The van der Waals surface area contributed by atoms with Crippen molar-refractivity contribution in [1.82, 2.24) is 4.98 Å². The quantitative estimate of drug-likeness (QED) is 0.275. The highest BCUT2D eigenvalue weighted by Gasteiger charge is 2.29. The van der Waals surface area contributed by atoms with E-state index in [-0.39, 0.29) is 10.9 Å². The first-order chi connectivity index (χ1) is 17.9. The summed E-state index contributed by atoms with van der Waals surface area (Å²) in [5.41, 5.74) is 3.20. The summed E-state index contributed by atoms with van der Waals surface area (Å²) < 4.78 is 11.5. The molecule has 0 radical (unpaired) electrons. The number of carbonyl (C=O) groups excluding carboxylic acids is 1. The van der Waals surface area contributed by atoms with E-state index in [0.29, 0.717) is 52.1 Å². The van der Waals surface area contributed by atoms with Crippen LogP contribution in [-0.2, 0) is 4.79 Å². The Balaban J connectivity index is 1.25. The van der Waals surface area contributed by atoms with Gasteiger partial charge in [-0.3, -0.25) is 14.6 Å². The molecular weight excluding hydrogens is 515 g/mol. The molecule has 0 fully saturated rings. The Morgan fingerprint density at radius 1 is 1.00 bits per heavy atom. The number of carboxylic acids is 1. The number of amides is 1. The number of fused-ring (bicyclic) bond motifs is 1. The summed E-state index contributed by atoms with van der Waals surface area (Å²) in [6.45, 7) is 0.300. The van der Waals surface area contributed by atoms with Crippen molar-refractivity contribution in [1.29, 1.82) is 0 Å². The Bertz CT molecular complexity index is 1460. The predicted molar refractivity (Wildman–Crippen MR) is 141 cm³/mol. The smallest absolute Gasteiger partial charge is 0.311 e. The molecule has 4 aromatic rings. The van der Waals surface area contributed by atoms with Crippen LogP contribution < -0.4 is 14.8 Å². The third-order valence-corrected chi connectivity index (χ3v) is 6.45. The summed E-state index contributed by atoms with van der Waals surface area (Å²) in [4.78, 5) is 28.6. The zero-order chi connectivity index (χ0) is 25.9. The minimum Gasteiger partial charge on any atom is -0.493 e. The fourth-order valence-electron chi connectivity index (χ4n) is 3.99. The molecule has 3 aromatic carbocycles. The molecule has 5 rings (SSSR count). The van der Waals surface area contributed by atoms with Crippen molar-refractivity contribution < 1.29 is 24.2 Å². The molecule has 37 heavy (non-hydrogen) atoms. The summed E-state index contributed by atoms with van der Waals surface area (Å²) in [6.07, 6.45) is 1.97. The molecule has 0 spiro atoms. The molecule has 0 aliphatic carbocycles. The first kappa shape index (κ1) is 24.6. The van der Waals surface area contributed by atoms with Gasteiger partial charge >= 0.3 is 5.97 Å². The van der Waals surface area contributed by atoms with Crippen LogP contribution in [0, 0.1) is 0 Å². The molecule has 0 saturated carbocycles. The lowest BCUT2D eigenvalue weighted by atomic mass is 9.93. The Kier molecular flexibility index (Phi) is 6.99. The van der Waals surface area contributed by atoms with Gasteiger partial charge in [0.25, 0.3) is 5.91 Å². The summed E-state index contributed by atoms with van der Waals surface area (Å²) in [7, 11) is 0. The van der Waals surface area contributed by atoms with Gasteiger partial charge in [-0.2, -0.15) is 0 Å². The largest absolute Gasteiger partial charge is 0.493 e. The highest BCUT2D eigenvalue weighted by atomic mass is 35.5. The first-order valence-electron chi connectivity index (χ1n) is 11.4. The predicted octanol–water partition coefficient (Wildman–Crippen LogP) is 7.05. The molecule has 7 nitrogen and oxygen atoms in total. The molecule has 0 saturated heterocycles. The third kappa shape index (κ3) is 5.53. The van der Waals surface area contributed by atoms with E-state index in [0.717, 1.165) is 11.3 Å². The van der Waals surface area contributed by atoms with E-state index < -0.39 is 11.9 Å². The fraction of sp³-hybridized carbons (Fsp3) is 0.107. The summed E-state index contributed by atoms with van der Waals surface area (Å²) in [5, 5.41) is 13.2. The molecule has 0 bridgehead atoms. The molecule has 1 amide bonds. The number of pyridine rings is 1. The van der Waals surface area contributed by atoms with Gasteiger partial charge in [-0.15, -0.1) is 0 Å². The number of halogens is 2. The van der Waals surface area contributed by atoms with E-state index in [1.54, 1.807) is 60.8 Å². The maximum atomic E-state index is 12.7. The van der Waals surface area contributed by atoms with Crippen LogP contribution in [0.4, 0.5) is 5.69 Å². The Hall–Kier alpha value is -4.07. The second kappa shape index (κ2) is 10.5. The molecule has 1 aliphatic heterocycles. The minimum atomic E-state index is -0.920. The average Bonchev–Trinajstić information content (AvgIpc) is 2.90. The summed E-state index contributed by atoms with van der Waals surface area (Å²) >= 11 is 12.3. The highest BCUT2D eigenvalue weighted by molar-refractivity contribution is 6.32. The lowest BCUT2D eigenvalue weighted by molar-refractivity contribution is -0.139. The number of hydrogen-bond acceptors (Lipinski definition) is 5. The number of rotatable bonds is 6. The van der Waals surface area contributed by atoms with E-state index in [9.17, 15) is 14.7 Å². The topological polar surface area (TPSA) is 97.8 Å². The van der Waals surface area contributed by atoms with Crippen molar-refractivity contribution >= 4 is 40.8 Å². The standard InChI is InChI=1S/C28H20Cl2N2O5/c29-18-5-1-16(2-6-18)24-10-7-19(15-31-24)32-27(33)17-3-8-20(9-4-17)37-26-14-25-22(13-23(26)30)21(28(34)35)11-12-36-25/h1-10,13-15,21H,11-12H2,(H,32,33)(H,34,35). The molecule has 1 atom stereocenters. The fourth-order valence-corrected chi connectivity index (χ4v) is 4.32. The van der Waals surface area contributed by atoms with E-state index in [4.69, 9.17) is 32.7 Å². The van der Waals surface area contributed by atoms with Crippen LogP contribution in [0.2, 0.25) is 10.0 Å². The SMILES string of the molecule is O=C(Nc1ccc(-c2ccc(Cl)cc2)nc1)c1ccc(Oc2cc3c(cc2Cl)C(C(=O)O)CCO3)cc1. The zero-order valence-electron chi connectivity index (χ0n) is 19.3. The number of aliphatic carboxylic acids is 1. The van der Waals surface area contributed by atoms with E-state index in [2.05, 4.69) is 10.3 Å². The molecule has 1 aliphatic rings. The number of aromatic nitrogens is 1. The van der Waals surface area contributed by atoms with Crippen LogP contribution in [0.15, 0.2) is 79.0 Å². The van der Waals surface area contributed by atoms with Crippen molar-refractivity contribution in [3.05, 3.63) is 100 Å². The molecule has 1 aromatic heterocycles. The minimum absolute atomic E-state index is 0.270. The van der Waals surface area contributed by atoms with Crippen LogP contribution in [0.3, 0.4) is 0 Å². The number of carboxylic acid groups (broad SMARTS) is 1. The van der Waals surface area contributed by atoms with Crippen molar-refractivity contribution in [3.8, 4) is 28.5 Å². The van der Waals surface area contributed by atoms with Gasteiger partial charge in [0.15, 0.2) is 0 Å². The second-order valence-electron chi connectivity index (χ2n) is 8.37.